The van der Waals surface area contributed by atoms with Crippen molar-refractivity contribution in [1.82, 2.24) is 13.6 Å². The number of halogens is 1. The van der Waals surface area contributed by atoms with Gasteiger partial charge in [-0.2, -0.15) is 8.75 Å². The van der Waals surface area contributed by atoms with Gasteiger partial charge in [-0.25, -0.2) is 0 Å². The maximum atomic E-state index is 12.2. The normalized spacial score (nSPS) is 17.7. The summed E-state index contributed by atoms with van der Waals surface area (Å²) >= 11 is 11.2. The Bertz CT molecular complexity index is 755. The van der Waals surface area contributed by atoms with E-state index in [4.69, 9.17) is 12.2 Å². The lowest BCUT2D eigenvalue weighted by molar-refractivity contribution is -0.121. The molecule has 1 amide bonds. The van der Waals surface area contributed by atoms with Crippen molar-refractivity contribution in [3.8, 4) is 0 Å². The first-order valence-corrected chi connectivity index (χ1v) is 8.52. The Balaban J connectivity index is 2.02. The fourth-order valence-electron chi connectivity index (χ4n) is 1.88. The summed E-state index contributed by atoms with van der Waals surface area (Å²) in [6.07, 6.45) is 1.85. The smallest absolute Gasteiger partial charge is 0.266 e. The minimum absolute atomic E-state index is 0.0323. The average Bonchev–Trinajstić information content (AvgIpc) is 2.96. The van der Waals surface area contributed by atoms with Crippen LogP contribution in [0.4, 0.5) is 0 Å². The molecule has 0 radical (unpaired) electrons. The van der Waals surface area contributed by atoms with Gasteiger partial charge in [-0.05, 0) is 46.6 Å². The molecular formula is C12H8BrN3OS3. The second kappa shape index (κ2) is 5.51. The Morgan fingerprint density at radius 3 is 2.95 bits per heavy atom. The van der Waals surface area contributed by atoms with Crippen molar-refractivity contribution < 1.29 is 4.79 Å². The monoisotopic (exact) mass is 385 g/mol. The molecule has 102 valence electrons. The molecular weight excluding hydrogens is 378 g/mol. The molecule has 1 aliphatic heterocycles. The molecule has 2 aromatic rings. The van der Waals surface area contributed by atoms with Crippen molar-refractivity contribution in [1.29, 1.82) is 0 Å². The highest BCUT2D eigenvalue weighted by atomic mass is 79.9. The quantitative estimate of drug-likeness (QED) is 0.582. The number of carbonyl (C=O) groups is 1. The number of fused-ring (bicyclic) bond motifs is 1. The van der Waals surface area contributed by atoms with Gasteiger partial charge in [0.25, 0.3) is 5.91 Å². The molecule has 4 nitrogen and oxygen atoms in total. The Morgan fingerprint density at radius 2 is 2.25 bits per heavy atom. The van der Waals surface area contributed by atoms with Crippen LogP contribution in [-0.4, -0.2) is 30.4 Å². The Kier molecular flexibility index (Phi) is 3.89. The molecule has 2 heterocycles. The summed E-state index contributed by atoms with van der Waals surface area (Å²) in [5, 5.41) is 0. The van der Waals surface area contributed by atoms with E-state index >= 15 is 0 Å². The Labute approximate surface area is 137 Å². The maximum absolute atomic E-state index is 12.2. The van der Waals surface area contributed by atoms with Crippen LogP contribution < -0.4 is 0 Å². The van der Waals surface area contributed by atoms with Gasteiger partial charge in [0.2, 0.25) is 0 Å². The summed E-state index contributed by atoms with van der Waals surface area (Å²) in [5.74, 6) is -0.0323. The average molecular weight is 386 g/mol. The topological polar surface area (TPSA) is 46.1 Å². The van der Waals surface area contributed by atoms with E-state index in [-0.39, 0.29) is 5.91 Å². The van der Waals surface area contributed by atoms with Gasteiger partial charge in [0.1, 0.15) is 15.4 Å². The molecule has 1 aromatic carbocycles. The number of amides is 1. The van der Waals surface area contributed by atoms with E-state index < -0.39 is 0 Å². The largest absolute Gasteiger partial charge is 0.293 e. The van der Waals surface area contributed by atoms with Crippen molar-refractivity contribution in [2.24, 2.45) is 0 Å². The van der Waals surface area contributed by atoms with Crippen molar-refractivity contribution in [2.75, 3.05) is 6.54 Å². The SMILES string of the molecule is CCN1C(=O)/C(=C/c2cc(Br)c3nsnc3c2)SC1=S. The molecule has 0 bridgehead atoms. The van der Waals surface area contributed by atoms with Crippen LogP contribution in [0.3, 0.4) is 0 Å². The Morgan fingerprint density at radius 1 is 1.45 bits per heavy atom. The third-order valence-electron chi connectivity index (χ3n) is 2.82. The third-order valence-corrected chi connectivity index (χ3v) is 5.35. The van der Waals surface area contributed by atoms with Crippen LogP contribution >= 0.6 is 51.6 Å². The van der Waals surface area contributed by atoms with Crippen LogP contribution in [0.1, 0.15) is 12.5 Å². The highest BCUT2D eigenvalue weighted by Gasteiger charge is 2.30. The van der Waals surface area contributed by atoms with E-state index in [1.54, 1.807) is 4.90 Å². The van der Waals surface area contributed by atoms with Crippen LogP contribution in [0.25, 0.3) is 17.1 Å². The zero-order valence-electron chi connectivity index (χ0n) is 10.3. The molecule has 0 unspecified atom stereocenters. The minimum Gasteiger partial charge on any atom is -0.293 e. The second-order valence-corrected chi connectivity index (χ2v) is 7.12. The van der Waals surface area contributed by atoms with Crippen molar-refractivity contribution in [3.05, 3.63) is 27.1 Å². The number of benzene rings is 1. The summed E-state index contributed by atoms with van der Waals surface area (Å²) in [6, 6.07) is 3.85. The minimum atomic E-state index is -0.0323. The van der Waals surface area contributed by atoms with Gasteiger partial charge in [0, 0.05) is 11.0 Å². The molecule has 0 N–H and O–H groups in total. The number of likely N-dealkylation sites (N-methyl/N-ethyl adjacent to an activating group) is 1. The number of carbonyl (C=O) groups excluding carboxylic acids is 1. The fraction of sp³-hybridized carbons (Fsp3) is 0.167. The van der Waals surface area contributed by atoms with Gasteiger partial charge in [-0.15, -0.1) is 0 Å². The van der Waals surface area contributed by atoms with Crippen LogP contribution in [-0.2, 0) is 4.79 Å². The zero-order chi connectivity index (χ0) is 14.3. The first-order valence-electron chi connectivity index (χ1n) is 5.77. The van der Waals surface area contributed by atoms with Crippen molar-refractivity contribution in [3.63, 3.8) is 0 Å². The number of hydrogen-bond donors (Lipinski definition) is 0. The molecule has 1 aliphatic rings. The highest BCUT2D eigenvalue weighted by molar-refractivity contribution is 9.10. The number of thiocarbonyl (C=S) groups is 1. The summed E-state index contributed by atoms with van der Waals surface area (Å²) in [6.45, 7) is 2.51. The first kappa shape index (κ1) is 14.1. The third kappa shape index (κ3) is 2.41. The van der Waals surface area contributed by atoms with Crippen LogP contribution in [0, 0.1) is 0 Å². The maximum Gasteiger partial charge on any atom is 0.266 e. The number of hydrogen-bond acceptors (Lipinski definition) is 6. The number of thioether (sulfide) groups is 1. The van der Waals surface area contributed by atoms with Gasteiger partial charge in [0.15, 0.2) is 0 Å². The summed E-state index contributed by atoms with van der Waals surface area (Å²) in [4.78, 5) is 14.4. The second-order valence-electron chi connectivity index (χ2n) is 4.06. The zero-order valence-corrected chi connectivity index (χ0v) is 14.3. The summed E-state index contributed by atoms with van der Waals surface area (Å²) in [5.41, 5.74) is 2.57. The summed E-state index contributed by atoms with van der Waals surface area (Å²) in [7, 11) is 0. The van der Waals surface area contributed by atoms with E-state index in [0.717, 1.165) is 21.1 Å². The van der Waals surface area contributed by atoms with Gasteiger partial charge < -0.3 is 0 Å². The van der Waals surface area contributed by atoms with E-state index in [2.05, 4.69) is 24.7 Å². The molecule has 1 saturated heterocycles. The first-order chi connectivity index (χ1) is 9.60. The van der Waals surface area contributed by atoms with E-state index in [0.29, 0.717) is 15.8 Å². The molecule has 0 aliphatic carbocycles. The molecule has 3 rings (SSSR count). The lowest BCUT2D eigenvalue weighted by Gasteiger charge is -2.09. The fourth-order valence-corrected chi connectivity index (χ4v) is 4.48. The van der Waals surface area contributed by atoms with Crippen molar-refractivity contribution >= 4 is 79.0 Å². The van der Waals surface area contributed by atoms with Gasteiger partial charge in [-0.1, -0.05) is 24.0 Å². The molecule has 8 heteroatoms. The van der Waals surface area contributed by atoms with Crippen LogP contribution in [0.5, 0.6) is 0 Å². The molecule has 20 heavy (non-hydrogen) atoms. The lowest BCUT2D eigenvalue weighted by atomic mass is 10.2. The number of aromatic nitrogens is 2. The number of rotatable bonds is 2. The predicted molar refractivity (Wildman–Crippen MR) is 90.7 cm³/mol. The molecule has 1 fully saturated rings. The summed E-state index contributed by atoms with van der Waals surface area (Å²) < 4.78 is 9.91. The van der Waals surface area contributed by atoms with Gasteiger partial charge in [-0.3, -0.25) is 9.69 Å². The van der Waals surface area contributed by atoms with Gasteiger partial charge in [0.05, 0.1) is 16.6 Å². The Hall–Kier alpha value is -0.830. The highest BCUT2D eigenvalue weighted by Crippen LogP contribution is 2.33. The van der Waals surface area contributed by atoms with Crippen LogP contribution in [0.2, 0.25) is 0 Å². The molecule has 0 spiro atoms. The lowest BCUT2D eigenvalue weighted by Crippen LogP contribution is -2.27. The standard InChI is InChI=1S/C12H8BrN3OS3/c1-2-16-11(17)9(19-12(16)18)5-6-3-7(13)10-8(4-6)14-20-15-10/h3-5H,2H2,1H3/b9-5-. The van der Waals surface area contributed by atoms with E-state index in [1.165, 1.54) is 23.5 Å². The predicted octanol–water partition coefficient (Wildman–Crippen LogP) is 3.67. The van der Waals surface area contributed by atoms with Gasteiger partial charge >= 0.3 is 0 Å². The molecule has 0 atom stereocenters. The van der Waals surface area contributed by atoms with Crippen LogP contribution in [0.15, 0.2) is 21.5 Å². The number of nitrogens with zero attached hydrogens (tertiary/aromatic N) is 3. The van der Waals surface area contributed by atoms with Crippen molar-refractivity contribution in [2.45, 2.75) is 6.92 Å². The molecule has 0 saturated carbocycles. The van der Waals surface area contributed by atoms with E-state index in [1.807, 2.05) is 25.1 Å². The van der Waals surface area contributed by atoms with E-state index in [9.17, 15) is 4.79 Å². The molecule has 1 aromatic heterocycles.